The van der Waals surface area contributed by atoms with Crippen LogP contribution in [0.5, 0.6) is 0 Å². The van der Waals surface area contributed by atoms with Gasteiger partial charge in [-0.1, -0.05) is 5.40 Å². The standard InChI is InChI=1S/CHNS.H3N/c2-1-3;/h3H;1H3/p-1. The Morgan fingerprint density at radius 1 is 1.75 bits per heavy atom. The third-order valence-electron chi connectivity index (χ3n) is 0. The molecule has 0 unspecified atom stereocenters. The maximum absolute atomic E-state index is 7.13. The van der Waals surface area contributed by atoms with Gasteiger partial charge in [0.1, 0.15) is 0 Å². The first kappa shape index (κ1) is 9.38. The van der Waals surface area contributed by atoms with Crippen molar-refractivity contribution in [1.82, 2.24) is 6.15 Å². The predicted octanol–water partition coefficient (Wildman–Crippen LogP) is 0.176. The topological polar surface area (TPSA) is 58.8 Å². The maximum Gasteiger partial charge on any atom is -0.0797 e. The van der Waals surface area contributed by atoms with E-state index in [1.807, 2.05) is 0 Å². The van der Waals surface area contributed by atoms with E-state index >= 15 is 0 Å². The lowest BCUT2D eigenvalue weighted by atomic mass is 11.8. The van der Waals surface area contributed by atoms with E-state index in [4.69, 9.17) is 5.26 Å². The van der Waals surface area contributed by atoms with Crippen molar-refractivity contribution in [1.29, 1.82) is 5.26 Å². The largest absolute Gasteiger partial charge is 0.696 e. The zero-order chi connectivity index (χ0) is 2.71. The molecule has 0 aliphatic heterocycles. The molecule has 0 aromatic carbocycles. The second-order valence-corrected chi connectivity index (χ2v) is 0.274. The van der Waals surface area contributed by atoms with Crippen LogP contribution in [0.3, 0.4) is 0 Å². The number of hydrogen-bond donors (Lipinski definition) is 1. The van der Waals surface area contributed by atoms with Gasteiger partial charge in [-0.15, -0.1) is 0 Å². The van der Waals surface area contributed by atoms with Crippen molar-refractivity contribution >= 4 is 12.6 Å². The molecule has 0 radical (unpaired) electrons. The van der Waals surface area contributed by atoms with Crippen LogP contribution in [0.1, 0.15) is 0 Å². The van der Waals surface area contributed by atoms with E-state index in [0.717, 1.165) is 0 Å². The Bertz CT molecular complexity index is 27.5. The molecule has 0 saturated carbocycles. The summed E-state index contributed by atoms with van der Waals surface area (Å²) in [5.74, 6) is 0. The predicted molar refractivity (Wildman–Crippen MR) is 18.0 cm³/mol. The second kappa shape index (κ2) is 16.6. The summed E-state index contributed by atoms with van der Waals surface area (Å²) in [7, 11) is 0. The van der Waals surface area contributed by atoms with Gasteiger partial charge in [-0.25, -0.2) is 5.26 Å². The molecular formula is CH3N2S-. The number of nitriles is 1. The fourth-order valence-corrected chi connectivity index (χ4v) is 0. The Balaban J connectivity index is 0. The highest BCUT2D eigenvalue weighted by atomic mass is 32.1. The van der Waals surface area contributed by atoms with Gasteiger partial charge in [0.2, 0.25) is 0 Å². The van der Waals surface area contributed by atoms with Gasteiger partial charge < -0.3 is 18.8 Å². The smallest absolute Gasteiger partial charge is 0.0797 e. The van der Waals surface area contributed by atoms with Crippen LogP contribution in [-0.4, -0.2) is 0 Å². The van der Waals surface area contributed by atoms with Gasteiger partial charge in [-0.3, -0.25) is 0 Å². The molecule has 0 saturated heterocycles. The van der Waals surface area contributed by atoms with Crippen LogP contribution in [-0.2, 0) is 12.6 Å². The van der Waals surface area contributed by atoms with E-state index < -0.39 is 0 Å². The molecule has 3 N–H and O–H groups in total. The van der Waals surface area contributed by atoms with Crippen LogP contribution in [0.2, 0.25) is 0 Å². The second-order valence-electron chi connectivity index (χ2n) is 0.0913. The number of rotatable bonds is 0. The van der Waals surface area contributed by atoms with Gasteiger partial charge in [0.15, 0.2) is 0 Å². The van der Waals surface area contributed by atoms with Crippen LogP contribution in [0.25, 0.3) is 0 Å². The molecule has 0 heterocycles. The highest BCUT2D eigenvalue weighted by Gasteiger charge is 0.867. The van der Waals surface area contributed by atoms with Gasteiger partial charge in [-0.2, -0.15) is 0 Å². The van der Waals surface area contributed by atoms with E-state index in [2.05, 4.69) is 12.6 Å². The lowest BCUT2D eigenvalue weighted by Gasteiger charge is -1.53. The van der Waals surface area contributed by atoms with Gasteiger partial charge in [-0.05, 0) is 0 Å². The highest BCUT2D eigenvalue weighted by Crippen LogP contribution is 1.16. The molecule has 4 heavy (non-hydrogen) atoms. The molecule has 0 rings (SSSR count). The number of hydrogen-bond acceptors (Lipinski definition) is 3. The van der Waals surface area contributed by atoms with E-state index in [1.54, 1.807) is 0 Å². The van der Waals surface area contributed by atoms with Crippen LogP contribution in [0, 0.1) is 10.7 Å². The van der Waals surface area contributed by atoms with Crippen LogP contribution < -0.4 is 6.15 Å². The summed E-state index contributed by atoms with van der Waals surface area (Å²) in [4.78, 5) is 0. The molecule has 0 aliphatic rings. The molecule has 0 fully saturated rings. The summed E-state index contributed by atoms with van der Waals surface area (Å²) in [5, 5.41) is 8.47. The molecule has 3 heteroatoms. The van der Waals surface area contributed by atoms with Crippen molar-refractivity contribution in [2.45, 2.75) is 0 Å². The quantitative estimate of drug-likeness (QED) is 0.330. The normalized spacial score (nSPS) is 1.75. The first-order valence-electron chi connectivity index (χ1n) is 0.428. The third kappa shape index (κ3) is 6.88. The van der Waals surface area contributed by atoms with Crippen molar-refractivity contribution < 1.29 is 0 Å². The van der Waals surface area contributed by atoms with E-state index in [9.17, 15) is 0 Å². The van der Waals surface area contributed by atoms with Crippen molar-refractivity contribution in [3.05, 3.63) is 0 Å². The molecule has 0 spiro atoms. The van der Waals surface area contributed by atoms with Crippen LogP contribution in [0.4, 0.5) is 0 Å². The molecule has 0 amide bonds. The van der Waals surface area contributed by atoms with Crippen molar-refractivity contribution in [3.63, 3.8) is 0 Å². The molecule has 0 aromatic rings. The fraction of sp³-hybridized carbons (Fsp3) is 0. The van der Waals surface area contributed by atoms with Crippen LogP contribution in [0.15, 0.2) is 0 Å². The molecule has 0 aliphatic carbocycles. The summed E-state index contributed by atoms with van der Waals surface area (Å²) in [5.41, 5.74) is 0. The molecule has 0 bridgehead atoms. The Hall–Kier alpha value is -0.330. The Kier molecular flexibility index (Phi) is 38.9. The van der Waals surface area contributed by atoms with Crippen molar-refractivity contribution in [3.8, 4) is 5.40 Å². The summed E-state index contributed by atoms with van der Waals surface area (Å²) in [6, 6.07) is 0. The SMILES string of the molecule is N.N#C[S-]. The van der Waals surface area contributed by atoms with E-state index in [1.165, 1.54) is 5.40 Å². The van der Waals surface area contributed by atoms with Crippen molar-refractivity contribution in [2.75, 3.05) is 0 Å². The minimum Gasteiger partial charge on any atom is -0.696 e. The first-order valence-corrected chi connectivity index (χ1v) is 0.836. The molecule has 24 valence electrons. The molecule has 0 atom stereocenters. The lowest BCUT2D eigenvalue weighted by Crippen LogP contribution is -1.15. The summed E-state index contributed by atoms with van der Waals surface area (Å²) < 4.78 is 0. The Morgan fingerprint density at radius 2 is 1.75 bits per heavy atom. The summed E-state index contributed by atoms with van der Waals surface area (Å²) in [6.45, 7) is 0. The first-order chi connectivity index (χ1) is 1.41. The monoisotopic (exact) mass is 75.0 g/mol. The third-order valence-corrected chi connectivity index (χ3v) is 0. The molecule has 2 nitrogen and oxygen atoms in total. The Labute approximate surface area is 30.4 Å². The molecular weight excluding hydrogens is 72.1 g/mol. The van der Waals surface area contributed by atoms with Gasteiger partial charge >= 0.3 is 0 Å². The number of thiocyanates is 1. The van der Waals surface area contributed by atoms with E-state index in [0.29, 0.717) is 0 Å². The summed E-state index contributed by atoms with van der Waals surface area (Å²) >= 11 is 3.70. The lowest BCUT2D eigenvalue weighted by molar-refractivity contribution is 1.57. The average molecular weight is 75.1 g/mol. The fourth-order valence-electron chi connectivity index (χ4n) is 0. The van der Waals surface area contributed by atoms with Gasteiger partial charge in [0.25, 0.3) is 0 Å². The zero-order valence-electron chi connectivity index (χ0n) is 2.06. The molecule has 0 aromatic heterocycles. The Morgan fingerprint density at radius 3 is 1.75 bits per heavy atom. The highest BCUT2D eigenvalue weighted by molar-refractivity contribution is 7.64. The van der Waals surface area contributed by atoms with Crippen LogP contribution >= 0.6 is 0 Å². The van der Waals surface area contributed by atoms with Crippen molar-refractivity contribution in [2.24, 2.45) is 0 Å². The van der Waals surface area contributed by atoms with Gasteiger partial charge in [0.05, 0.1) is 0 Å². The average Bonchev–Trinajstić information content (AvgIpc) is 0.918. The minimum absolute atomic E-state index is 0. The summed E-state index contributed by atoms with van der Waals surface area (Å²) in [6.07, 6.45) is 0. The maximum atomic E-state index is 7.13. The van der Waals surface area contributed by atoms with E-state index in [-0.39, 0.29) is 6.15 Å². The zero-order valence-corrected chi connectivity index (χ0v) is 2.88. The minimum atomic E-state index is 0. The van der Waals surface area contributed by atoms with Gasteiger partial charge in [0, 0.05) is 0 Å². The number of nitrogens with zero attached hydrogens (tertiary/aromatic N) is 1.